The van der Waals surface area contributed by atoms with Gasteiger partial charge >= 0.3 is 12.3 Å². The summed E-state index contributed by atoms with van der Waals surface area (Å²) in [7, 11) is 2.23. The van der Waals surface area contributed by atoms with Crippen molar-refractivity contribution in [3.63, 3.8) is 0 Å². The van der Waals surface area contributed by atoms with Gasteiger partial charge in [-0.2, -0.15) is 22.8 Å². The molecule has 1 saturated heterocycles. The van der Waals surface area contributed by atoms with Crippen LogP contribution in [-0.2, 0) is 84.3 Å². The van der Waals surface area contributed by atoms with Crippen molar-refractivity contribution in [1.29, 1.82) is 0 Å². The number of likely N-dealkylation sites (tertiary alicyclic amines) is 1. The number of alkyl halides is 3. The standard InChI is InChI=1S/C33H33F3N2O2.C32H41N3O2.C30H40N2.CO2/c1-25-18-28(20-31(19-25)33(34,35)36)23-38(22-27-10-14-32(15-11-27)40-24-39)17-5-16-37-21-26-8-12-30(13-9-26)29-6-3-2-4-7-29;1-26-19-27(2)21-30(20-26)24-35(23-29-9-11-32(12-10-29)37-25-36)16-6-15-33-31-13-17-34(18-14-31)22-28-7-4-3-5-8-28;1-26-20-27(2)22-30(21-26)25-32(24-29-16-10-7-11-17-29)19-13-5-4-12-18-31(3)23-28-14-8-6-9-15-28;2-1-3/h2-4,6-15,18-20,24,37H,5,16-17,21-23H2,1H3;3-5,7-12,19-21,25,31,33H,6,13-18,22-24H2,1-2H3;6-11,14-17,20-22H,4-5,12-13,18-19,23-25H2,1-3H3;. The van der Waals surface area contributed by atoms with Crippen molar-refractivity contribution in [3.05, 3.63) is 332 Å². The Kier molecular flexibility index (Phi) is 38.1. The number of unbranched alkanes of at least 4 members (excludes halogenated alkanes) is 3. The number of aryl methyl sites for hydroxylation is 5. The van der Waals surface area contributed by atoms with E-state index < -0.39 is 11.7 Å². The highest BCUT2D eigenvalue weighted by molar-refractivity contribution is 5.63. The zero-order valence-electron chi connectivity index (χ0n) is 66.4. The maximum absolute atomic E-state index is 13.4. The van der Waals surface area contributed by atoms with Crippen molar-refractivity contribution in [2.45, 2.75) is 157 Å². The van der Waals surface area contributed by atoms with Gasteiger partial charge in [0.1, 0.15) is 11.5 Å². The maximum atomic E-state index is 13.4. The first-order valence-electron chi connectivity index (χ1n) is 39.4. The number of carbonyl (C=O) groups excluding carboxylic acids is 4. The Morgan fingerprint density at radius 3 is 1.23 bits per heavy atom. The first-order chi connectivity index (χ1) is 54.4. The zero-order valence-corrected chi connectivity index (χ0v) is 66.4. The third-order valence-electron chi connectivity index (χ3n) is 19.7. The Morgan fingerprint density at radius 1 is 0.411 bits per heavy atom. The lowest BCUT2D eigenvalue weighted by atomic mass is 10.0. The molecule has 1 aliphatic heterocycles. The number of halogens is 3. The molecule has 2 N–H and O–H groups in total. The van der Waals surface area contributed by atoms with Crippen LogP contribution in [0.5, 0.6) is 11.5 Å². The molecule has 0 unspecified atom stereocenters. The minimum Gasteiger partial charge on any atom is -0.429 e. The summed E-state index contributed by atoms with van der Waals surface area (Å²) in [6, 6.07) is 84.8. The lowest BCUT2D eigenvalue weighted by Gasteiger charge is -2.32. The van der Waals surface area contributed by atoms with Gasteiger partial charge in [-0.15, -0.1) is 0 Å². The van der Waals surface area contributed by atoms with Gasteiger partial charge < -0.3 is 25.0 Å². The largest absolute Gasteiger partial charge is 0.429 e. The van der Waals surface area contributed by atoms with Crippen LogP contribution >= 0.6 is 0 Å². The van der Waals surface area contributed by atoms with Crippen molar-refractivity contribution < 1.29 is 41.8 Å². The van der Waals surface area contributed by atoms with Crippen molar-refractivity contribution in [1.82, 2.24) is 35.1 Å². The molecule has 10 aromatic rings. The Labute approximate surface area is 663 Å². The number of hydrogen-bond acceptors (Lipinski definition) is 13. The predicted octanol–water partition coefficient (Wildman–Crippen LogP) is 19.3. The summed E-state index contributed by atoms with van der Waals surface area (Å²) in [5, 5.41) is 7.30. The SMILES string of the molecule is Cc1cc(C)cc(CN(CCCCCCN(C)Cc2ccccc2)Cc2ccccc2)c1.Cc1cc(C)cc(CN(CCCNC2CCN(Cc3ccccc3)CC2)Cc2ccc(OC=O)cc2)c1.Cc1cc(CN(CCCNCc2ccc(-c3ccccc3)cc2)Cc2ccc(OC=O)cc2)cc(C(F)(F)F)c1.O=C=O. The van der Waals surface area contributed by atoms with Gasteiger partial charge in [-0.1, -0.05) is 253 Å². The molecule has 112 heavy (non-hydrogen) atoms. The summed E-state index contributed by atoms with van der Waals surface area (Å²) in [5.41, 5.74) is 18.7. The van der Waals surface area contributed by atoms with Crippen molar-refractivity contribution in [3.8, 4) is 22.6 Å². The quantitative estimate of drug-likeness (QED) is 0.0281. The minimum absolute atomic E-state index is 0.250. The van der Waals surface area contributed by atoms with E-state index in [-0.39, 0.29) is 6.15 Å². The molecule has 0 bridgehead atoms. The molecule has 1 heterocycles. The second-order valence-corrected chi connectivity index (χ2v) is 29.7. The first-order valence-corrected chi connectivity index (χ1v) is 39.4. The summed E-state index contributed by atoms with van der Waals surface area (Å²) in [4.78, 5) is 49.7. The van der Waals surface area contributed by atoms with Crippen molar-refractivity contribution in [2.24, 2.45) is 0 Å². The lowest BCUT2D eigenvalue weighted by Crippen LogP contribution is -2.42. The number of rotatable bonds is 39. The fourth-order valence-corrected chi connectivity index (χ4v) is 14.6. The fraction of sp³-hybridized carbons (Fsp3) is 0.344. The van der Waals surface area contributed by atoms with Gasteiger partial charge in [0, 0.05) is 78.0 Å². The second kappa shape index (κ2) is 48.7. The molecule has 0 spiro atoms. The smallest absolute Gasteiger partial charge is 0.416 e. The Hall–Kier alpha value is -9.97. The van der Waals surface area contributed by atoms with E-state index in [4.69, 9.17) is 19.1 Å². The van der Waals surface area contributed by atoms with Crippen LogP contribution in [0.4, 0.5) is 13.2 Å². The number of benzene rings is 10. The average molecular weight is 1520 g/mol. The number of nitrogens with zero attached hydrogens (tertiary/aromatic N) is 5. The molecule has 16 heteroatoms. The van der Waals surface area contributed by atoms with E-state index in [1.165, 1.54) is 130 Å². The van der Waals surface area contributed by atoms with Crippen molar-refractivity contribution in [2.75, 3.05) is 59.4 Å². The van der Waals surface area contributed by atoms with Crippen LogP contribution in [0.3, 0.4) is 0 Å². The number of piperidine rings is 1. The highest BCUT2D eigenvalue weighted by atomic mass is 19.4. The van der Waals surface area contributed by atoms with Crippen LogP contribution in [0.25, 0.3) is 11.1 Å². The molecule has 10 aromatic carbocycles. The summed E-state index contributed by atoms with van der Waals surface area (Å²) >= 11 is 0. The molecule has 590 valence electrons. The van der Waals surface area contributed by atoms with Crippen LogP contribution < -0.4 is 20.1 Å². The molecule has 0 radical (unpaired) electrons. The van der Waals surface area contributed by atoms with E-state index in [1.54, 1.807) is 25.1 Å². The Bertz CT molecular complexity index is 4290. The molecule has 1 fully saturated rings. The van der Waals surface area contributed by atoms with Crippen LogP contribution in [0, 0.1) is 34.6 Å². The zero-order chi connectivity index (χ0) is 79.6. The third-order valence-corrected chi connectivity index (χ3v) is 19.7. The Morgan fingerprint density at radius 2 is 0.777 bits per heavy atom. The van der Waals surface area contributed by atoms with Crippen molar-refractivity contribution >= 4 is 19.1 Å². The molecule has 0 aliphatic carbocycles. The molecule has 11 rings (SSSR count). The number of carbonyl (C=O) groups is 2. The van der Waals surface area contributed by atoms with Gasteiger partial charge in [0.05, 0.1) is 5.56 Å². The second-order valence-electron chi connectivity index (χ2n) is 29.7. The molecule has 13 nitrogen and oxygen atoms in total. The molecule has 1 aliphatic rings. The van der Waals surface area contributed by atoms with Crippen LogP contribution in [-0.4, -0.2) is 109 Å². The van der Waals surface area contributed by atoms with E-state index in [0.29, 0.717) is 61.2 Å². The monoisotopic (exact) mass is 1520 g/mol. The fourth-order valence-electron chi connectivity index (χ4n) is 14.6. The molecular weight excluding hydrogens is 1400 g/mol. The number of nitrogens with one attached hydrogen (secondary N) is 2. The van der Waals surface area contributed by atoms with E-state index in [1.807, 2.05) is 42.5 Å². The minimum atomic E-state index is -4.39. The van der Waals surface area contributed by atoms with E-state index >= 15 is 0 Å². The van der Waals surface area contributed by atoms with Gasteiger partial charge in [-0.3, -0.25) is 29.2 Å². The summed E-state index contributed by atoms with van der Waals surface area (Å²) in [5.74, 6) is 1.03. The van der Waals surface area contributed by atoms with Crippen LogP contribution in [0.15, 0.2) is 249 Å². The third kappa shape index (κ3) is 33.9. The topological polar surface area (TPSA) is 127 Å². The Balaban J connectivity index is 0.000000208. The van der Waals surface area contributed by atoms with Crippen LogP contribution in [0.2, 0.25) is 0 Å². The van der Waals surface area contributed by atoms with Gasteiger partial charge in [0.15, 0.2) is 0 Å². The summed E-state index contributed by atoms with van der Waals surface area (Å²) in [6.07, 6.45) is 5.39. The molecule has 0 atom stereocenters. The first kappa shape index (κ1) is 87.6. The van der Waals surface area contributed by atoms with E-state index in [2.05, 4.69) is 246 Å². The highest BCUT2D eigenvalue weighted by Crippen LogP contribution is 2.32. The van der Waals surface area contributed by atoms with Crippen LogP contribution in [0.1, 0.15) is 135 Å². The number of ether oxygens (including phenoxy) is 2. The molecule has 0 amide bonds. The lowest BCUT2D eigenvalue weighted by molar-refractivity contribution is -0.191. The van der Waals surface area contributed by atoms with Gasteiger partial charge in [0.2, 0.25) is 0 Å². The van der Waals surface area contributed by atoms with E-state index in [9.17, 15) is 22.8 Å². The van der Waals surface area contributed by atoms with Gasteiger partial charge in [0.25, 0.3) is 12.9 Å². The normalized spacial score (nSPS) is 12.3. The summed E-state index contributed by atoms with van der Waals surface area (Å²) < 4.78 is 50.1. The van der Waals surface area contributed by atoms with Gasteiger partial charge in [-0.25, -0.2) is 0 Å². The maximum Gasteiger partial charge on any atom is 0.416 e. The van der Waals surface area contributed by atoms with Gasteiger partial charge in [-0.05, 0) is 217 Å². The summed E-state index contributed by atoms with van der Waals surface area (Å²) in [6.45, 7) is 27.1. The van der Waals surface area contributed by atoms with E-state index in [0.717, 1.165) is 103 Å². The predicted molar refractivity (Wildman–Crippen MR) is 445 cm³/mol. The molecular formula is C96H114F3N7O6. The highest BCUT2D eigenvalue weighted by Gasteiger charge is 2.31. The molecule has 0 aromatic heterocycles. The molecule has 0 saturated carbocycles. The number of hydrogen-bond donors (Lipinski definition) is 2. The average Bonchev–Trinajstić information content (AvgIpc) is 0.850.